The second kappa shape index (κ2) is 8.98. The Labute approximate surface area is 176 Å². The van der Waals surface area contributed by atoms with Gasteiger partial charge in [0.2, 0.25) is 0 Å². The van der Waals surface area contributed by atoms with E-state index >= 15 is 0 Å². The van der Waals surface area contributed by atoms with Crippen LogP contribution in [0.4, 0.5) is 0 Å². The lowest BCUT2D eigenvalue weighted by Gasteiger charge is -2.33. The molecule has 2 aromatic rings. The number of aryl methyl sites for hydroxylation is 1. The standard InChI is InChI=1S/C27H36O2/c1-8-9-11-19-14-15-20(16-17-24(28)29)22(18-19)21-12-10-13-23(26(2,3)4)25(21)27(5,6)7/h10,12-18H,8-9,11H2,1-7H3,(H,28,29). The highest BCUT2D eigenvalue weighted by atomic mass is 16.4. The summed E-state index contributed by atoms with van der Waals surface area (Å²) in [5, 5.41) is 9.15. The molecule has 0 aliphatic carbocycles. The third-order valence-corrected chi connectivity index (χ3v) is 5.25. The average Bonchev–Trinajstić information content (AvgIpc) is 2.62. The summed E-state index contributed by atoms with van der Waals surface area (Å²) in [6.45, 7) is 15.7. The minimum atomic E-state index is -0.925. The number of carbonyl (C=O) groups is 1. The predicted octanol–water partition coefficient (Wildman–Crippen LogP) is 7.39. The van der Waals surface area contributed by atoms with E-state index in [1.807, 2.05) is 0 Å². The summed E-state index contributed by atoms with van der Waals surface area (Å²) >= 11 is 0. The van der Waals surface area contributed by atoms with Gasteiger partial charge in [0.1, 0.15) is 0 Å². The molecule has 0 bridgehead atoms. The molecule has 0 heterocycles. The van der Waals surface area contributed by atoms with Crippen LogP contribution < -0.4 is 0 Å². The number of benzene rings is 2. The molecule has 0 spiro atoms. The van der Waals surface area contributed by atoms with Gasteiger partial charge in [-0.3, -0.25) is 0 Å². The highest BCUT2D eigenvalue weighted by molar-refractivity contribution is 5.88. The summed E-state index contributed by atoms with van der Waals surface area (Å²) in [7, 11) is 0. The fraction of sp³-hybridized carbons (Fsp3) is 0.444. The monoisotopic (exact) mass is 392 g/mol. The fourth-order valence-electron chi connectivity index (χ4n) is 3.89. The molecular weight excluding hydrogens is 356 g/mol. The maximum Gasteiger partial charge on any atom is 0.328 e. The number of carboxylic acids is 1. The van der Waals surface area contributed by atoms with Crippen molar-refractivity contribution in [3.05, 3.63) is 64.7 Å². The third-order valence-electron chi connectivity index (χ3n) is 5.25. The molecule has 2 rings (SSSR count). The first-order valence-electron chi connectivity index (χ1n) is 10.6. The molecule has 0 aliphatic rings. The minimum Gasteiger partial charge on any atom is -0.478 e. The van der Waals surface area contributed by atoms with E-state index in [0.717, 1.165) is 30.4 Å². The van der Waals surface area contributed by atoms with Crippen LogP contribution in [0, 0.1) is 0 Å². The first-order valence-corrected chi connectivity index (χ1v) is 10.6. The maximum atomic E-state index is 11.2. The largest absolute Gasteiger partial charge is 0.478 e. The zero-order valence-electron chi connectivity index (χ0n) is 19.1. The molecule has 0 amide bonds. The molecule has 2 heteroatoms. The molecule has 0 saturated carbocycles. The zero-order chi connectivity index (χ0) is 21.8. The summed E-state index contributed by atoms with van der Waals surface area (Å²) in [6, 6.07) is 13.0. The van der Waals surface area contributed by atoms with Crippen molar-refractivity contribution in [3.63, 3.8) is 0 Å². The van der Waals surface area contributed by atoms with Crippen LogP contribution in [0.3, 0.4) is 0 Å². The van der Waals surface area contributed by atoms with Crippen LogP contribution in [0.1, 0.15) is 83.6 Å². The van der Waals surface area contributed by atoms with Gasteiger partial charge in [-0.25, -0.2) is 4.79 Å². The lowest BCUT2D eigenvalue weighted by Crippen LogP contribution is -2.23. The Bertz CT molecular complexity index is 890. The van der Waals surface area contributed by atoms with Crippen LogP contribution in [0.5, 0.6) is 0 Å². The van der Waals surface area contributed by atoms with Gasteiger partial charge in [0.05, 0.1) is 0 Å². The summed E-state index contributed by atoms with van der Waals surface area (Å²) in [5.74, 6) is -0.925. The highest BCUT2D eigenvalue weighted by Crippen LogP contribution is 2.41. The molecule has 0 saturated heterocycles. The maximum absolute atomic E-state index is 11.2. The van der Waals surface area contributed by atoms with Crippen molar-refractivity contribution >= 4 is 12.0 Å². The van der Waals surface area contributed by atoms with E-state index in [9.17, 15) is 4.79 Å². The van der Waals surface area contributed by atoms with E-state index in [2.05, 4.69) is 84.9 Å². The van der Waals surface area contributed by atoms with Crippen molar-refractivity contribution in [2.45, 2.75) is 78.6 Å². The molecule has 2 nitrogen and oxygen atoms in total. The lowest BCUT2D eigenvalue weighted by molar-refractivity contribution is -0.131. The summed E-state index contributed by atoms with van der Waals surface area (Å²) in [5.41, 5.74) is 7.24. The first-order chi connectivity index (χ1) is 13.4. The van der Waals surface area contributed by atoms with Crippen LogP contribution in [-0.4, -0.2) is 11.1 Å². The molecule has 29 heavy (non-hydrogen) atoms. The number of carboxylic acid groups (broad SMARTS) is 1. The van der Waals surface area contributed by atoms with Crippen molar-refractivity contribution in [3.8, 4) is 11.1 Å². The van der Waals surface area contributed by atoms with Gasteiger partial charge in [-0.1, -0.05) is 91.3 Å². The third kappa shape index (κ3) is 5.82. The predicted molar refractivity (Wildman–Crippen MR) is 125 cm³/mol. The van der Waals surface area contributed by atoms with Crippen LogP contribution >= 0.6 is 0 Å². The molecule has 0 radical (unpaired) electrons. The SMILES string of the molecule is CCCCc1ccc(C=CC(=O)O)c(-c2cccc(C(C)(C)C)c2C(C)(C)C)c1. The number of aliphatic carboxylic acids is 1. The number of rotatable bonds is 6. The lowest BCUT2D eigenvalue weighted by atomic mass is 9.72. The number of hydrogen-bond donors (Lipinski definition) is 1. The van der Waals surface area contributed by atoms with Crippen molar-refractivity contribution in [1.82, 2.24) is 0 Å². The Morgan fingerprint density at radius 1 is 0.966 bits per heavy atom. The Hall–Kier alpha value is -2.35. The zero-order valence-corrected chi connectivity index (χ0v) is 19.1. The van der Waals surface area contributed by atoms with E-state index in [1.165, 1.54) is 28.3 Å². The second-order valence-corrected chi connectivity index (χ2v) is 9.92. The highest BCUT2D eigenvalue weighted by Gasteiger charge is 2.28. The molecule has 156 valence electrons. The topological polar surface area (TPSA) is 37.3 Å². The van der Waals surface area contributed by atoms with Crippen molar-refractivity contribution in [1.29, 1.82) is 0 Å². The average molecular weight is 393 g/mol. The van der Waals surface area contributed by atoms with Gasteiger partial charge < -0.3 is 5.11 Å². The van der Waals surface area contributed by atoms with Crippen LogP contribution in [-0.2, 0) is 22.0 Å². The van der Waals surface area contributed by atoms with Gasteiger partial charge in [0.15, 0.2) is 0 Å². The molecular formula is C27H36O2. The first kappa shape index (κ1) is 22.9. The molecule has 2 aromatic carbocycles. The fourth-order valence-corrected chi connectivity index (χ4v) is 3.89. The normalized spacial score (nSPS) is 12.5. The van der Waals surface area contributed by atoms with Gasteiger partial charge in [-0.2, -0.15) is 0 Å². The Morgan fingerprint density at radius 3 is 2.21 bits per heavy atom. The van der Waals surface area contributed by atoms with Crippen molar-refractivity contribution in [2.24, 2.45) is 0 Å². The molecule has 1 N–H and O–H groups in total. The van der Waals surface area contributed by atoms with Gasteiger partial charge in [-0.15, -0.1) is 0 Å². The van der Waals surface area contributed by atoms with Crippen LogP contribution in [0.2, 0.25) is 0 Å². The Kier molecular flexibility index (Phi) is 7.11. The van der Waals surface area contributed by atoms with E-state index in [1.54, 1.807) is 6.08 Å². The van der Waals surface area contributed by atoms with E-state index in [-0.39, 0.29) is 10.8 Å². The minimum absolute atomic E-state index is 0.0233. The Morgan fingerprint density at radius 2 is 1.66 bits per heavy atom. The van der Waals surface area contributed by atoms with Crippen molar-refractivity contribution < 1.29 is 9.90 Å². The molecule has 0 fully saturated rings. The molecule has 0 atom stereocenters. The van der Waals surface area contributed by atoms with Crippen LogP contribution in [0.15, 0.2) is 42.5 Å². The van der Waals surface area contributed by atoms with Crippen molar-refractivity contribution in [2.75, 3.05) is 0 Å². The van der Waals surface area contributed by atoms with Gasteiger partial charge >= 0.3 is 5.97 Å². The number of unbranched alkanes of at least 4 members (excludes halogenated alkanes) is 1. The summed E-state index contributed by atoms with van der Waals surface area (Å²) in [6.07, 6.45) is 6.29. The van der Waals surface area contributed by atoms with Crippen LogP contribution in [0.25, 0.3) is 17.2 Å². The molecule has 0 aliphatic heterocycles. The number of hydrogen-bond acceptors (Lipinski definition) is 1. The van der Waals surface area contributed by atoms with E-state index in [4.69, 9.17) is 5.11 Å². The quantitative estimate of drug-likeness (QED) is 0.520. The van der Waals surface area contributed by atoms with E-state index in [0.29, 0.717) is 0 Å². The smallest absolute Gasteiger partial charge is 0.328 e. The van der Waals surface area contributed by atoms with E-state index < -0.39 is 5.97 Å². The van der Waals surface area contributed by atoms with Gasteiger partial charge in [0.25, 0.3) is 0 Å². The summed E-state index contributed by atoms with van der Waals surface area (Å²) in [4.78, 5) is 11.2. The molecule has 0 aromatic heterocycles. The van der Waals surface area contributed by atoms with Gasteiger partial charge in [0, 0.05) is 6.08 Å². The molecule has 0 unspecified atom stereocenters. The van der Waals surface area contributed by atoms with Gasteiger partial charge in [-0.05, 0) is 63.1 Å². The Balaban J connectivity index is 2.82. The summed E-state index contributed by atoms with van der Waals surface area (Å²) < 4.78 is 0. The second-order valence-electron chi connectivity index (χ2n) is 9.92.